The minimum atomic E-state index is -0.788. The number of esters is 3. The van der Waals surface area contributed by atoms with Crippen LogP contribution in [0.2, 0.25) is 0 Å². The Morgan fingerprint density at radius 1 is 0.382 bits per heavy atom. The molecule has 0 aromatic rings. The van der Waals surface area contributed by atoms with E-state index in [1.54, 1.807) is 0 Å². The zero-order valence-electron chi connectivity index (χ0n) is 35.7. The van der Waals surface area contributed by atoms with Crippen LogP contribution < -0.4 is 0 Å². The maximum atomic E-state index is 12.7. The van der Waals surface area contributed by atoms with Crippen molar-refractivity contribution in [1.29, 1.82) is 0 Å². The number of rotatable bonds is 39. The first kappa shape index (κ1) is 51.9. The van der Waals surface area contributed by atoms with Crippen molar-refractivity contribution in [3.05, 3.63) is 72.9 Å². The number of carbonyl (C=O) groups excluding carboxylic acids is 3. The van der Waals surface area contributed by atoms with Gasteiger partial charge in [0, 0.05) is 19.3 Å². The van der Waals surface area contributed by atoms with Crippen LogP contribution in [0.15, 0.2) is 72.9 Å². The molecule has 0 aliphatic rings. The fourth-order valence-electron chi connectivity index (χ4n) is 5.81. The highest BCUT2D eigenvalue weighted by Gasteiger charge is 2.19. The third-order valence-electron chi connectivity index (χ3n) is 9.20. The summed E-state index contributed by atoms with van der Waals surface area (Å²) in [7, 11) is 0. The van der Waals surface area contributed by atoms with Crippen LogP contribution in [0.25, 0.3) is 0 Å². The van der Waals surface area contributed by atoms with Crippen molar-refractivity contribution in [1.82, 2.24) is 0 Å². The SMILES string of the molecule is CC/C=C\C/C=C\C/C=C\C/C=C\C/C=C\CCCCCC(=O)OCC(COC(=O)CCCCCCCC)OC(=O)CCCCCCC/C=C\CCCCC. The Morgan fingerprint density at radius 3 is 1.18 bits per heavy atom. The van der Waals surface area contributed by atoms with Crippen LogP contribution in [-0.2, 0) is 28.6 Å². The molecule has 0 aliphatic carbocycles. The maximum Gasteiger partial charge on any atom is 0.306 e. The van der Waals surface area contributed by atoms with Gasteiger partial charge in [0.05, 0.1) is 0 Å². The Bertz CT molecular complexity index is 1070. The Labute approximate surface area is 338 Å². The number of unbranched alkanes of at least 4 members (excludes halogenated alkanes) is 16. The summed E-state index contributed by atoms with van der Waals surface area (Å²) >= 11 is 0. The van der Waals surface area contributed by atoms with Gasteiger partial charge in [-0.2, -0.15) is 0 Å². The third-order valence-corrected chi connectivity index (χ3v) is 9.20. The van der Waals surface area contributed by atoms with Gasteiger partial charge in [0.1, 0.15) is 13.2 Å². The highest BCUT2D eigenvalue weighted by Crippen LogP contribution is 2.12. The Morgan fingerprint density at radius 2 is 0.709 bits per heavy atom. The van der Waals surface area contributed by atoms with Gasteiger partial charge in [-0.25, -0.2) is 0 Å². The monoisotopic (exact) mass is 767 g/mol. The van der Waals surface area contributed by atoms with E-state index in [4.69, 9.17) is 14.2 Å². The lowest BCUT2D eigenvalue weighted by molar-refractivity contribution is -0.167. The third kappa shape index (κ3) is 41.8. The molecule has 6 nitrogen and oxygen atoms in total. The van der Waals surface area contributed by atoms with Gasteiger partial charge in [-0.15, -0.1) is 0 Å². The van der Waals surface area contributed by atoms with Gasteiger partial charge < -0.3 is 14.2 Å². The van der Waals surface area contributed by atoms with E-state index in [0.717, 1.165) is 109 Å². The molecule has 0 saturated carbocycles. The highest BCUT2D eigenvalue weighted by molar-refractivity contribution is 5.71. The summed E-state index contributed by atoms with van der Waals surface area (Å²) < 4.78 is 16.6. The fraction of sp³-hybridized carbons (Fsp3) is 0.694. The van der Waals surface area contributed by atoms with Gasteiger partial charge in [-0.1, -0.05) is 164 Å². The van der Waals surface area contributed by atoms with E-state index in [0.29, 0.717) is 19.3 Å². The van der Waals surface area contributed by atoms with Crippen molar-refractivity contribution >= 4 is 17.9 Å². The summed E-state index contributed by atoms with van der Waals surface area (Å²) in [6.07, 6.45) is 53.3. The zero-order chi connectivity index (χ0) is 40.1. The molecule has 0 aliphatic heterocycles. The molecule has 6 heteroatoms. The second-order valence-electron chi connectivity index (χ2n) is 14.6. The molecule has 0 N–H and O–H groups in total. The Kier molecular flexibility index (Phi) is 41.1. The van der Waals surface area contributed by atoms with Crippen LogP contribution in [0.1, 0.15) is 201 Å². The molecule has 55 heavy (non-hydrogen) atoms. The van der Waals surface area contributed by atoms with Crippen molar-refractivity contribution in [2.75, 3.05) is 13.2 Å². The molecule has 0 heterocycles. The summed E-state index contributed by atoms with van der Waals surface area (Å²) in [5.41, 5.74) is 0. The van der Waals surface area contributed by atoms with Gasteiger partial charge in [0.2, 0.25) is 0 Å². The standard InChI is InChI=1S/C49H82O6/c1-4-7-10-13-16-18-20-22-23-24-25-26-27-28-30-31-33-36-39-42-48(51)54-45-46(44-53-47(50)41-38-35-15-12-9-6-3)55-49(52)43-40-37-34-32-29-21-19-17-14-11-8-5-2/h7,10,16-19,22-23,25-26,28,30,46H,4-6,8-9,11-15,20-21,24,27,29,31-45H2,1-3H3/b10-7-,18-16-,19-17-,23-22-,26-25-,30-28-. The van der Waals surface area contributed by atoms with E-state index < -0.39 is 6.10 Å². The minimum absolute atomic E-state index is 0.0904. The average molecular weight is 767 g/mol. The predicted molar refractivity (Wildman–Crippen MR) is 233 cm³/mol. The lowest BCUT2D eigenvalue weighted by atomic mass is 10.1. The number of ether oxygens (including phenoxy) is 3. The molecule has 0 aromatic carbocycles. The predicted octanol–water partition coefficient (Wildman–Crippen LogP) is 14.3. The van der Waals surface area contributed by atoms with Crippen molar-refractivity contribution in [2.24, 2.45) is 0 Å². The molecular weight excluding hydrogens is 685 g/mol. The van der Waals surface area contributed by atoms with E-state index in [2.05, 4.69) is 93.7 Å². The molecule has 0 amide bonds. The summed E-state index contributed by atoms with van der Waals surface area (Å²) in [5.74, 6) is -0.950. The number of hydrogen-bond acceptors (Lipinski definition) is 6. The van der Waals surface area contributed by atoms with Crippen LogP contribution in [-0.4, -0.2) is 37.2 Å². The quantitative estimate of drug-likeness (QED) is 0.0268. The first-order chi connectivity index (χ1) is 27.0. The normalized spacial score (nSPS) is 12.7. The molecule has 0 fully saturated rings. The van der Waals surface area contributed by atoms with Crippen LogP contribution in [0, 0.1) is 0 Å². The molecular formula is C49H82O6. The summed E-state index contributed by atoms with van der Waals surface area (Å²) in [6, 6.07) is 0. The molecule has 0 saturated heterocycles. The maximum absolute atomic E-state index is 12.7. The van der Waals surface area contributed by atoms with E-state index in [9.17, 15) is 14.4 Å². The van der Waals surface area contributed by atoms with Gasteiger partial charge in [-0.3, -0.25) is 14.4 Å². The largest absolute Gasteiger partial charge is 0.462 e. The summed E-state index contributed by atoms with van der Waals surface area (Å²) in [4.78, 5) is 37.5. The number of hydrogen-bond donors (Lipinski definition) is 0. The molecule has 314 valence electrons. The van der Waals surface area contributed by atoms with E-state index in [1.165, 1.54) is 51.4 Å². The van der Waals surface area contributed by atoms with E-state index in [-0.39, 0.29) is 31.1 Å². The van der Waals surface area contributed by atoms with Gasteiger partial charge in [0.15, 0.2) is 6.10 Å². The second-order valence-corrected chi connectivity index (χ2v) is 14.6. The van der Waals surface area contributed by atoms with E-state index in [1.807, 2.05) is 0 Å². The molecule has 1 atom stereocenters. The first-order valence-corrected chi connectivity index (χ1v) is 22.4. The summed E-state index contributed by atoms with van der Waals surface area (Å²) in [5, 5.41) is 0. The van der Waals surface area contributed by atoms with Crippen LogP contribution in [0.5, 0.6) is 0 Å². The Hall–Kier alpha value is -3.15. The van der Waals surface area contributed by atoms with Crippen molar-refractivity contribution in [3.8, 4) is 0 Å². The molecule has 0 bridgehead atoms. The minimum Gasteiger partial charge on any atom is -0.462 e. The average Bonchev–Trinajstić information content (AvgIpc) is 3.18. The van der Waals surface area contributed by atoms with Crippen LogP contribution >= 0.6 is 0 Å². The summed E-state index contributed by atoms with van der Waals surface area (Å²) in [6.45, 7) is 6.38. The van der Waals surface area contributed by atoms with Crippen molar-refractivity contribution in [2.45, 2.75) is 207 Å². The van der Waals surface area contributed by atoms with Crippen molar-refractivity contribution < 1.29 is 28.6 Å². The molecule has 0 spiro atoms. The van der Waals surface area contributed by atoms with Crippen molar-refractivity contribution in [3.63, 3.8) is 0 Å². The highest BCUT2D eigenvalue weighted by atomic mass is 16.6. The topological polar surface area (TPSA) is 78.9 Å². The molecule has 0 aromatic heterocycles. The zero-order valence-corrected chi connectivity index (χ0v) is 35.7. The molecule has 1 unspecified atom stereocenters. The van der Waals surface area contributed by atoms with Gasteiger partial charge in [0.25, 0.3) is 0 Å². The fourth-order valence-corrected chi connectivity index (χ4v) is 5.81. The molecule has 0 radical (unpaired) electrons. The van der Waals surface area contributed by atoms with Crippen LogP contribution in [0.3, 0.4) is 0 Å². The second kappa shape index (κ2) is 43.6. The smallest absolute Gasteiger partial charge is 0.306 e. The van der Waals surface area contributed by atoms with Crippen LogP contribution in [0.4, 0.5) is 0 Å². The van der Waals surface area contributed by atoms with E-state index >= 15 is 0 Å². The lowest BCUT2D eigenvalue weighted by Gasteiger charge is -2.18. The Balaban J connectivity index is 4.34. The number of allylic oxidation sites excluding steroid dienone is 12. The number of carbonyl (C=O) groups is 3. The molecule has 0 rings (SSSR count). The lowest BCUT2D eigenvalue weighted by Crippen LogP contribution is -2.30. The van der Waals surface area contributed by atoms with Gasteiger partial charge in [-0.05, 0) is 89.9 Å². The first-order valence-electron chi connectivity index (χ1n) is 22.4. The van der Waals surface area contributed by atoms with Gasteiger partial charge >= 0.3 is 17.9 Å².